The van der Waals surface area contributed by atoms with E-state index in [-0.39, 0.29) is 30.8 Å². The summed E-state index contributed by atoms with van der Waals surface area (Å²) in [6, 6.07) is -0.168. The van der Waals surface area contributed by atoms with Crippen molar-refractivity contribution in [2.24, 2.45) is 5.92 Å². The molecule has 1 saturated heterocycles. The molecule has 0 aromatic rings. The van der Waals surface area contributed by atoms with Crippen molar-refractivity contribution in [3.05, 3.63) is 0 Å². The third kappa shape index (κ3) is 4.71. The van der Waals surface area contributed by atoms with E-state index in [9.17, 15) is 14.4 Å². The van der Waals surface area contributed by atoms with E-state index >= 15 is 0 Å². The smallest absolute Gasteiger partial charge is 0.320 e. The molecule has 1 aliphatic rings. The lowest BCUT2D eigenvalue weighted by atomic mass is 10.0. The number of carboxylic acid groups (broad SMARTS) is 1. The van der Waals surface area contributed by atoms with Crippen LogP contribution in [0, 0.1) is 5.92 Å². The molecule has 0 bridgehead atoms. The van der Waals surface area contributed by atoms with Crippen LogP contribution in [0.15, 0.2) is 0 Å². The van der Waals surface area contributed by atoms with Crippen LogP contribution in [0.1, 0.15) is 19.3 Å². The van der Waals surface area contributed by atoms with Crippen LogP contribution in [0.4, 0.5) is 4.79 Å². The highest BCUT2D eigenvalue weighted by Crippen LogP contribution is 2.21. The van der Waals surface area contributed by atoms with Crippen molar-refractivity contribution < 1.29 is 19.5 Å². The second-order valence-electron chi connectivity index (χ2n) is 5.46. The summed E-state index contributed by atoms with van der Waals surface area (Å²) in [6.45, 7) is 1.26. The second-order valence-corrected chi connectivity index (χ2v) is 5.46. The molecule has 7 nitrogen and oxygen atoms in total. The minimum atomic E-state index is -0.802. The average molecular weight is 285 g/mol. The summed E-state index contributed by atoms with van der Waals surface area (Å²) in [5, 5.41) is 8.66. The number of carbonyl (C=O) groups excluding carboxylic acids is 2. The molecule has 1 fully saturated rings. The van der Waals surface area contributed by atoms with Crippen molar-refractivity contribution in [2.45, 2.75) is 19.3 Å². The quantitative estimate of drug-likeness (QED) is 0.788. The molecule has 0 radical (unpaired) electrons. The summed E-state index contributed by atoms with van der Waals surface area (Å²) in [5.41, 5.74) is 0. The Hall–Kier alpha value is -1.79. The molecule has 114 valence electrons. The van der Waals surface area contributed by atoms with Crippen molar-refractivity contribution in [3.63, 3.8) is 0 Å². The first kappa shape index (κ1) is 16.3. The van der Waals surface area contributed by atoms with Gasteiger partial charge < -0.3 is 19.8 Å². The lowest BCUT2D eigenvalue weighted by Crippen LogP contribution is -2.44. The largest absolute Gasteiger partial charge is 0.481 e. The van der Waals surface area contributed by atoms with Gasteiger partial charge in [-0.05, 0) is 18.8 Å². The highest BCUT2D eigenvalue weighted by molar-refractivity contribution is 5.83. The fraction of sp³-hybridized carbons (Fsp3) is 0.769. The maximum Gasteiger partial charge on any atom is 0.320 e. The summed E-state index contributed by atoms with van der Waals surface area (Å²) in [4.78, 5) is 38.8. The SMILES string of the molecule is CN(C)C(=O)CN(C)C(=O)N1CCC(CCC(=O)O)C1. The van der Waals surface area contributed by atoms with Crippen molar-refractivity contribution in [2.75, 3.05) is 40.8 Å². The number of urea groups is 1. The first-order chi connectivity index (χ1) is 9.31. The van der Waals surface area contributed by atoms with Crippen molar-refractivity contribution in [3.8, 4) is 0 Å². The minimum absolute atomic E-state index is 0.0577. The van der Waals surface area contributed by atoms with Crippen molar-refractivity contribution >= 4 is 17.9 Å². The number of carboxylic acids is 1. The van der Waals surface area contributed by atoms with Crippen molar-refractivity contribution in [1.82, 2.24) is 14.7 Å². The van der Waals surface area contributed by atoms with Crippen LogP contribution in [0.2, 0.25) is 0 Å². The zero-order valence-corrected chi connectivity index (χ0v) is 12.3. The van der Waals surface area contributed by atoms with Crippen LogP contribution in [-0.2, 0) is 9.59 Å². The predicted molar refractivity (Wildman–Crippen MR) is 73.3 cm³/mol. The topological polar surface area (TPSA) is 81.2 Å². The highest BCUT2D eigenvalue weighted by atomic mass is 16.4. The van der Waals surface area contributed by atoms with Crippen molar-refractivity contribution in [1.29, 1.82) is 0 Å². The first-order valence-electron chi connectivity index (χ1n) is 6.73. The second kappa shape index (κ2) is 7.12. The van der Waals surface area contributed by atoms with E-state index in [1.165, 1.54) is 9.80 Å². The van der Waals surface area contributed by atoms with E-state index in [4.69, 9.17) is 5.11 Å². The molecular weight excluding hydrogens is 262 g/mol. The van der Waals surface area contributed by atoms with Gasteiger partial charge in [-0.2, -0.15) is 0 Å². The zero-order chi connectivity index (χ0) is 15.3. The van der Waals surface area contributed by atoms with Gasteiger partial charge in [-0.15, -0.1) is 0 Å². The van der Waals surface area contributed by atoms with E-state index in [0.29, 0.717) is 19.5 Å². The van der Waals surface area contributed by atoms with Gasteiger partial charge in [0.15, 0.2) is 0 Å². The van der Waals surface area contributed by atoms with Gasteiger partial charge in [0.2, 0.25) is 5.91 Å². The van der Waals surface area contributed by atoms with Gasteiger partial charge in [0.25, 0.3) is 0 Å². The Bertz CT molecular complexity index is 384. The van der Waals surface area contributed by atoms with E-state index in [2.05, 4.69) is 0 Å². The summed E-state index contributed by atoms with van der Waals surface area (Å²) in [7, 11) is 4.91. The number of carbonyl (C=O) groups is 3. The van der Waals surface area contributed by atoms with Crippen LogP contribution in [0.25, 0.3) is 0 Å². The number of aliphatic carboxylic acids is 1. The summed E-state index contributed by atoms with van der Waals surface area (Å²) < 4.78 is 0. The molecule has 1 aliphatic heterocycles. The monoisotopic (exact) mass is 285 g/mol. The summed E-state index contributed by atoms with van der Waals surface area (Å²) in [5.74, 6) is -0.682. The molecule has 20 heavy (non-hydrogen) atoms. The molecule has 1 unspecified atom stereocenters. The summed E-state index contributed by atoms with van der Waals surface area (Å²) in [6.07, 6.45) is 1.57. The average Bonchev–Trinajstić information content (AvgIpc) is 2.83. The number of hydrogen-bond acceptors (Lipinski definition) is 3. The Kier molecular flexibility index (Phi) is 5.79. The van der Waals surface area contributed by atoms with Gasteiger partial charge in [0.05, 0.1) is 0 Å². The molecular formula is C13H23N3O4. The Morgan fingerprint density at radius 2 is 1.90 bits per heavy atom. The molecule has 0 aromatic carbocycles. The van der Waals surface area contributed by atoms with Gasteiger partial charge in [0.1, 0.15) is 6.54 Å². The van der Waals surface area contributed by atoms with E-state index in [1.54, 1.807) is 26.0 Å². The molecule has 1 atom stereocenters. The number of amides is 3. The number of likely N-dealkylation sites (N-methyl/N-ethyl adjacent to an activating group) is 2. The standard InChI is InChI=1S/C13H23N3O4/c1-14(2)11(17)9-15(3)13(20)16-7-6-10(8-16)4-5-12(18)19/h10H,4-9H2,1-3H3,(H,18,19). The van der Waals surface area contributed by atoms with Gasteiger partial charge in [-0.25, -0.2) is 4.79 Å². The van der Waals surface area contributed by atoms with E-state index < -0.39 is 5.97 Å². The fourth-order valence-electron chi connectivity index (χ4n) is 2.22. The van der Waals surface area contributed by atoms with E-state index in [1.807, 2.05) is 0 Å². The number of rotatable bonds is 5. The van der Waals surface area contributed by atoms with Crippen LogP contribution in [0.5, 0.6) is 0 Å². The molecule has 1 rings (SSSR count). The molecule has 1 N–H and O–H groups in total. The highest BCUT2D eigenvalue weighted by Gasteiger charge is 2.29. The number of hydrogen-bond donors (Lipinski definition) is 1. The molecule has 1 heterocycles. The van der Waals surface area contributed by atoms with Gasteiger partial charge in [0, 0.05) is 40.7 Å². The van der Waals surface area contributed by atoms with Gasteiger partial charge in [-0.3, -0.25) is 9.59 Å². The predicted octanol–water partition coefficient (Wildman–Crippen LogP) is 0.313. The number of nitrogens with zero attached hydrogens (tertiary/aromatic N) is 3. The molecule has 3 amide bonds. The van der Waals surface area contributed by atoms with E-state index in [0.717, 1.165) is 6.42 Å². The summed E-state index contributed by atoms with van der Waals surface area (Å²) >= 11 is 0. The molecule has 7 heteroatoms. The Morgan fingerprint density at radius 1 is 1.25 bits per heavy atom. The normalized spacial score (nSPS) is 17.9. The fourth-order valence-corrected chi connectivity index (χ4v) is 2.22. The molecule has 0 aliphatic carbocycles. The third-order valence-corrected chi connectivity index (χ3v) is 3.52. The Labute approximate surface area is 119 Å². The maximum absolute atomic E-state index is 12.2. The molecule has 0 spiro atoms. The van der Waals surface area contributed by atoms with Crippen LogP contribution in [-0.4, -0.2) is 78.5 Å². The van der Waals surface area contributed by atoms with Gasteiger partial charge >= 0.3 is 12.0 Å². The number of likely N-dealkylation sites (tertiary alicyclic amines) is 1. The third-order valence-electron chi connectivity index (χ3n) is 3.52. The Morgan fingerprint density at radius 3 is 2.45 bits per heavy atom. The van der Waals surface area contributed by atoms with Crippen LogP contribution in [0.3, 0.4) is 0 Å². The zero-order valence-electron chi connectivity index (χ0n) is 12.3. The lowest BCUT2D eigenvalue weighted by Gasteiger charge is -2.25. The van der Waals surface area contributed by atoms with Gasteiger partial charge in [-0.1, -0.05) is 0 Å². The molecule has 0 saturated carbocycles. The lowest BCUT2D eigenvalue weighted by molar-refractivity contribution is -0.137. The first-order valence-corrected chi connectivity index (χ1v) is 6.73. The minimum Gasteiger partial charge on any atom is -0.481 e. The van der Waals surface area contributed by atoms with Crippen LogP contribution < -0.4 is 0 Å². The van der Waals surface area contributed by atoms with Crippen LogP contribution >= 0.6 is 0 Å². The maximum atomic E-state index is 12.2. The molecule has 0 aromatic heterocycles. The Balaban J connectivity index is 2.41.